The van der Waals surface area contributed by atoms with Crippen LogP contribution in [0.15, 0.2) is 53.2 Å². The maximum Gasteiger partial charge on any atom is 0.416 e. The highest BCUT2D eigenvalue weighted by atomic mass is 19.4. The number of hydrogen-bond donors (Lipinski definition) is 1. The van der Waals surface area contributed by atoms with E-state index < -0.39 is 36.3 Å². The molecule has 8 heteroatoms. The van der Waals surface area contributed by atoms with Gasteiger partial charge >= 0.3 is 12.1 Å². The minimum atomic E-state index is -4.47. The molecule has 138 valence electrons. The van der Waals surface area contributed by atoms with Gasteiger partial charge in [-0.2, -0.15) is 13.2 Å². The number of ether oxygens (including phenoxy) is 1. The largest absolute Gasteiger partial charge is 0.467 e. The monoisotopic (exact) mass is 367 g/mol. The molecular formula is C18H16F3NO4. The lowest BCUT2D eigenvalue weighted by Crippen LogP contribution is -2.30. The van der Waals surface area contributed by atoms with Gasteiger partial charge in [0.2, 0.25) is 0 Å². The van der Waals surface area contributed by atoms with Crippen molar-refractivity contribution < 1.29 is 31.9 Å². The fourth-order valence-electron chi connectivity index (χ4n) is 2.06. The lowest BCUT2D eigenvalue weighted by molar-refractivity contribution is -0.144. The van der Waals surface area contributed by atoms with Crippen LogP contribution >= 0.6 is 0 Å². The molecule has 0 radical (unpaired) electrons. The third kappa shape index (κ3) is 5.80. The summed E-state index contributed by atoms with van der Waals surface area (Å²) in [6, 6.07) is 7.46. The molecule has 1 atom stereocenters. The summed E-state index contributed by atoms with van der Waals surface area (Å²) >= 11 is 0. The van der Waals surface area contributed by atoms with Crippen molar-refractivity contribution in [3.05, 3.63) is 65.6 Å². The Morgan fingerprint density at radius 1 is 1.27 bits per heavy atom. The molecule has 1 amide bonds. The Labute approximate surface area is 147 Å². The number of amides is 1. The summed E-state index contributed by atoms with van der Waals surface area (Å²) in [7, 11) is 0. The second-order valence-electron chi connectivity index (χ2n) is 5.37. The van der Waals surface area contributed by atoms with Crippen molar-refractivity contribution in [1.82, 2.24) is 5.32 Å². The van der Waals surface area contributed by atoms with E-state index in [4.69, 9.17) is 9.15 Å². The van der Waals surface area contributed by atoms with E-state index in [1.54, 1.807) is 19.1 Å². The molecule has 26 heavy (non-hydrogen) atoms. The van der Waals surface area contributed by atoms with E-state index in [0.29, 0.717) is 5.76 Å². The van der Waals surface area contributed by atoms with E-state index in [0.717, 1.165) is 18.2 Å². The van der Waals surface area contributed by atoms with Crippen molar-refractivity contribution >= 4 is 18.0 Å². The number of nitrogens with one attached hydrogen (secondary N) is 1. The summed E-state index contributed by atoms with van der Waals surface area (Å²) in [4.78, 5) is 23.3. The van der Waals surface area contributed by atoms with Crippen molar-refractivity contribution in [1.29, 1.82) is 0 Å². The van der Waals surface area contributed by atoms with Gasteiger partial charge in [-0.05, 0) is 42.8 Å². The lowest BCUT2D eigenvalue weighted by Gasteiger charge is -2.11. The van der Waals surface area contributed by atoms with E-state index in [9.17, 15) is 22.8 Å². The number of alkyl halides is 3. The summed E-state index contributed by atoms with van der Waals surface area (Å²) in [6.07, 6.45) is -0.858. The molecule has 1 aromatic carbocycles. The van der Waals surface area contributed by atoms with Gasteiger partial charge in [-0.25, -0.2) is 4.79 Å². The van der Waals surface area contributed by atoms with Crippen molar-refractivity contribution in [2.24, 2.45) is 0 Å². The van der Waals surface area contributed by atoms with Crippen molar-refractivity contribution in [2.45, 2.75) is 19.1 Å². The van der Waals surface area contributed by atoms with Gasteiger partial charge in [0, 0.05) is 6.08 Å². The fourth-order valence-corrected chi connectivity index (χ4v) is 2.06. The predicted octanol–water partition coefficient (Wildman–Crippen LogP) is 3.73. The molecule has 0 bridgehead atoms. The van der Waals surface area contributed by atoms with Crippen LogP contribution in [-0.4, -0.2) is 18.5 Å². The zero-order valence-corrected chi connectivity index (χ0v) is 13.7. The van der Waals surface area contributed by atoms with Gasteiger partial charge < -0.3 is 14.5 Å². The summed E-state index contributed by atoms with van der Waals surface area (Å²) in [5.74, 6) is -0.827. The molecule has 0 unspecified atom stereocenters. The molecule has 0 saturated carbocycles. The van der Waals surface area contributed by atoms with Gasteiger partial charge in [0.15, 0.2) is 6.61 Å². The molecule has 2 aromatic rings. The molecular weight excluding hydrogens is 351 g/mol. The second-order valence-corrected chi connectivity index (χ2v) is 5.37. The van der Waals surface area contributed by atoms with Gasteiger partial charge in [0.05, 0.1) is 17.9 Å². The first kappa shape index (κ1) is 19.3. The minimum Gasteiger partial charge on any atom is -0.467 e. The average molecular weight is 367 g/mol. The molecule has 0 fully saturated rings. The molecule has 5 nitrogen and oxygen atoms in total. The molecule has 0 aliphatic carbocycles. The van der Waals surface area contributed by atoms with Gasteiger partial charge in [0.1, 0.15) is 5.76 Å². The van der Waals surface area contributed by atoms with E-state index in [-0.39, 0.29) is 5.56 Å². The van der Waals surface area contributed by atoms with Gasteiger partial charge in [-0.15, -0.1) is 0 Å². The lowest BCUT2D eigenvalue weighted by atomic mass is 10.1. The molecule has 0 saturated heterocycles. The van der Waals surface area contributed by atoms with Crippen LogP contribution in [-0.2, 0) is 20.5 Å². The predicted molar refractivity (Wildman–Crippen MR) is 86.7 cm³/mol. The average Bonchev–Trinajstić information content (AvgIpc) is 3.12. The molecule has 1 heterocycles. The third-order valence-corrected chi connectivity index (χ3v) is 3.32. The molecule has 2 rings (SSSR count). The number of furan rings is 1. The van der Waals surface area contributed by atoms with E-state index >= 15 is 0 Å². The van der Waals surface area contributed by atoms with Crippen LogP contribution in [0.25, 0.3) is 6.08 Å². The Morgan fingerprint density at radius 2 is 2.04 bits per heavy atom. The van der Waals surface area contributed by atoms with Crippen LogP contribution in [0.3, 0.4) is 0 Å². The topological polar surface area (TPSA) is 68.5 Å². The van der Waals surface area contributed by atoms with Crippen LogP contribution in [0.1, 0.15) is 29.9 Å². The van der Waals surface area contributed by atoms with Gasteiger partial charge in [-0.3, -0.25) is 4.79 Å². The number of rotatable bonds is 6. The third-order valence-electron chi connectivity index (χ3n) is 3.32. The molecule has 1 aromatic heterocycles. The van der Waals surface area contributed by atoms with E-state index in [1.807, 2.05) is 0 Å². The standard InChI is InChI=1S/C18H16F3NO4/c1-12(15-6-3-9-25-15)22-16(23)11-26-17(24)8-7-13-4-2-5-14(10-13)18(19,20)21/h2-10,12H,11H2,1H3,(H,22,23)/b8-7+/t12-/m0/s1. The zero-order valence-electron chi connectivity index (χ0n) is 13.7. The molecule has 0 aliphatic heterocycles. The van der Waals surface area contributed by atoms with Crippen molar-refractivity contribution in [3.8, 4) is 0 Å². The van der Waals surface area contributed by atoms with E-state index in [1.165, 1.54) is 24.5 Å². The highest BCUT2D eigenvalue weighted by Gasteiger charge is 2.30. The van der Waals surface area contributed by atoms with Gasteiger partial charge in [-0.1, -0.05) is 12.1 Å². The quantitative estimate of drug-likeness (QED) is 0.624. The second kappa shape index (κ2) is 8.37. The number of carbonyl (C=O) groups is 2. The summed E-state index contributed by atoms with van der Waals surface area (Å²) in [5.41, 5.74) is -0.632. The highest BCUT2D eigenvalue weighted by Crippen LogP contribution is 2.29. The number of hydrogen-bond acceptors (Lipinski definition) is 4. The Morgan fingerprint density at radius 3 is 2.69 bits per heavy atom. The summed E-state index contributed by atoms with van der Waals surface area (Å²) < 4.78 is 47.7. The highest BCUT2D eigenvalue weighted by molar-refractivity contribution is 5.89. The maximum atomic E-state index is 12.6. The first-order valence-corrected chi connectivity index (χ1v) is 7.60. The minimum absolute atomic E-state index is 0.188. The Kier molecular flexibility index (Phi) is 6.21. The molecule has 0 aliphatic rings. The zero-order chi connectivity index (χ0) is 19.2. The Hall–Kier alpha value is -3.03. The Bertz CT molecular complexity index is 782. The van der Waals surface area contributed by atoms with Crippen LogP contribution < -0.4 is 5.32 Å². The fraction of sp³-hybridized carbons (Fsp3) is 0.222. The van der Waals surface area contributed by atoms with Gasteiger partial charge in [0.25, 0.3) is 5.91 Å². The normalized spacial score (nSPS) is 12.8. The van der Waals surface area contributed by atoms with E-state index in [2.05, 4.69) is 5.32 Å². The maximum absolute atomic E-state index is 12.6. The number of carbonyl (C=O) groups excluding carboxylic acids is 2. The van der Waals surface area contributed by atoms with Crippen LogP contribution in [0.2, 0.25) is 0 Å². The molecule has 1 N–H and O–H groups in total. The smallest absolute Gasteiger partial charge is 0.416 e. The van der Waals surface area contributed by atoms with Crippen molar-refractivity contribution in [2.75, 3.05) is 6.61 Å². The summed E-state index contributed by atoms with van der Waals surface area (Å²) in [5, 5.41) is 2.58. The first-order chi connectivity index (χ1) is 12.3. The first-order valence-electron chi connectivity index (χ1n) is 7.60. The SMILES string of the molecule is C[C@H](NC(=O)COC(=O)/C=C/c1cccc(C(F)(F)F)c1)c1ccco1. The van der Waals surface area contributed by atoms with Crippen LogP contribution in [0, 0.1) is 0 Å². The van der Waals surface area contributed by atoms with Crippen molar-refractivity contribution in [3.63, 3.8) is 0 Å². The number of esters is 1. The van der Waals surface area contributed by atoms with Crippen LogP contribution in [0.4, 0.5) is 13.2 Å². The summed E-state index contributed by atoms with van der Waals surface area (Å²) in [6.45, 7) is 1.18. The van der Waals surface area contributed by atoms with Crippen LogP contribution in [0.5, 0.6) is 0 Å². The number of benzene rings is 1. The number of halogens is 3. The Balaban J connectivity index is 1.83. The molecule has 0 spiro atoms.